The Morgan fingerprint density at radius 3 is 1.84 bits per heavy atom. The molecule has 2 fully saturated rings. The van der Waals surface area contributed by atoms with E-state index >= 15 is 0 Å². The molecule has 2 heterocycles. The van der Waals surface area contributed by atoms with Crippen LogP contribution in [0, 0.1) is 5.92 Å². The highest BCUT2D eigenvalue weighted by atomic mass is 16.7. The van der Waals surface area contributed by atoms with Crippen LogP contribution in [0.2, 0.25) is 0 Å². The van der Waals surface area contributed by atoms with Crippen LogP contribution in [0.5, 0.6) is 11.5 Å². The molecule has 2 saturated heterocycles. The number of imide groups is 1. The molecule has 0 unspecified atom stereocenters. The van der Waals surface area contributed by atoms with E-state index in [0.29, 0.717) is 17.2 Å². The van der Waals surface area contributed by atoms with E-state index in [1.165, 1.54) is 4.90 Å². The summed E-state index contributed by atoms with van der Waals surface area (Å²) in [4.78, 5) is 34.2. The monoisotopic (exact) mass is 430 g/mol. The van der Waals surface area contributed by atoms with Gasteiger partial charge in [-0.15, -0.1) is 0 Å². The molecule has 0 aliphatic carbocycles. The van der Waals surface area contributed by atoms with Crippen molar-refractivity contribution in [2.24, 2.45) is 5.92 Å². The number of benzene rings is 3. The summed E-state index contributed by atoms with van der Waals surface area (Å²) in [7, 11) is 3.17. The summed E-state index contributed by atoms with van der Waals surface area (Å²) < 4.78 is 10.4. The number of anilines is 2. The van der Waals surface area contributed by atoms with E-state index in [0.717, 1.165) is 11.3 Å². The van der Waals surface area contributed by atoms with Crippen LogP contribution in [0.25, 0.3) is 0 Å². The van der Waals surface area contributed by atoms with Crippen LogP contribution in [-0.2, 0) is 14.4 Å². The van der Waals surface area contributed by atoms with Gasteiger partial charge in [-0.25, -0.2) is 9.96 Å². The number of carbonyl (C=O) groups is 2. The Morgan fingerprint density at radius 1 is 0.719 bits per heavy atom. The zero-order valence-corrected chi connectivity index (χ0v) is 17.7. The Morgan fingerprint density at radius 2 is 1.28 bits per heavy atom. The van der Waals surface area contributed by atoms with Crippen molar-refractivity contribution in [2.45, 2.75) is 12.1 Å². The number of methoxy groups -OCH3 is 2. The number of rotatable bonds is 5. The molecule has 7 nitrogen and oxygen atoms in total. The molecular formula is C25H22N2O5. The molecule has 2 aliphatic rings. The minimum atomic E-state index is -0.906. The van der Waals surface area contributed by atoms with Gasteiger partial charge in [-0.3, -0.25) is 14.4 Å². The first-order chi connectivity index (χ1) is 15.6. The summed E-state index contributed by atoms with van der Waals surface area (Å²) >= 11 is 0. The number of nitrogens with zero attached hydrogens (tertiary/aromatic N) is 2. The molecular weight excluding hydrogens is 408 g/mol. The second-order valence-corrected chi connectivity index (χ2v) is 7.64. The second kappa shape index (κ2) is 8.01. The van der Waals surface area contributed by atoms with Crippen LogP contribution < -0.4 is 19.4 Å². The summed E-state index contributed by atoms with van der Waals surface area (Å²) in [6, 6.07) is 23.4. The molecule has 7 heteroatoms. The van der Waals surface area contributed by atoms with E-state index in [4.69, 9.17) is 14.3 Å². The Bertz CT molecular complexity index is 1130. The summed E-state index contributed by atoms with van der Waals surface area (Å²) in [5, 5.41) is 1.67. The number of hydroxylamine groups is 1. The van der Waals surface area contributed by atoms with E-state index in [1.807, 2.05) is 54.6 Å². The second-order valence-electron chi connectivity index (χ2n) is 7.64. The van der Waals surface area contributed by atoms with Crippen LogP contribution in [-0.4, -0.2) is 32.1 Å². The van der Waals surface area contributed by atoms with Crippen molar-refractivity contribution in [1.29, 1.82) is 0 Å². The maximum absolute atomic E-state index is 13.6. The standard InChI is InChI=1S/C25H22N2O5/c1-30-19-12-8-17(9-13-19)26-24(28)21-22(16-6-4-3-5-7-16)27(32-23(21)25(26)29)18-10-14-20(31-2)15-11-18/h3-15,21-23H,1-2H3/t21-,22-,23-/m0/s1. The van der Waals surface area contributed by atoms with Gasteiger partial charge in [-0.2, -0.15) is 0 Å². The minimum absolute atomic E-state index is 0.282. The molecule has 2 amide bonds. The van der Waals surface area contributed by atoms with Gasteiger partial charge < -0.3 is 9.47 Å². The van der Waals surface area contributed by atoms with Gasteiger partial charge in [0.1, 0.15) is 17.4 Å². The number of ether oxygens (including phenoxy) is 2. The Balaban J connectivity index is 1.53. The van der Waals surface area contributed by atoms with Crippen molar-refractivity contribution in [3.05, 3.63) is 84.4 Å². The first-order valence-corrected chi connectivity index (χ1v) is 10.3. The van der Waals surface area contributed by atoms with Gasteiger partial charge in [-0.05, 0) is 54.1 Å². The van der Waals surface area contributed by atoms with Gasteiger partial charge >= 0.3 is 0 Å². The smallest absolute Gasteiger partial charge is 0.266 e. The van der Waals surface area contributed by atoms with E-state index in [2.05, 4.69) is 0 Å². The average molecular weight is 430 g/mol. The molecule has 2 aliphatic heterocycles. The molecule has 5 rings (SSSR count). The average Bonchev–Trinajstić information content (AvgIpc) is 3.36. The summed E-state index contributed by atoms with van der Waals surface area (Å²) in [5.74, 6) is 0.0330. The third kappa shape index (κ3) is 3.18. The molecule has 162 valence electrons. The lowest BCUT2D eigenvalue weighted by molar-refractivity contribution is -0.126. The van der Waals surface area contributed by atoms with Gasteiger partial charge in [0.25, 0.3) is 5.91 Å². The number of fused-ring (bicyclic) bond motifs is 1. The van der Waals surface area contributed by atoms with Crippen molar-refractivity contribution < 1.29 is 23.9 Å². The highest BCUT2D eigenvalue weighted by molar-refractivity contribution is 6.23. The quantitative estimate of drug-likeness (QED) is 0.575. The third-order valence-electron chi connectivity index (χ3n) is 5.91. The third-order valence-corrected chi connectivity index (χ3v) is 5.91. The van der Waals surface area contributed by atoms with E-state index < -0.39 is 18.1 Å². The van der Waals surface area contributed by atoms with Gasteiger partial charge in [0.15, 0.2) is 6.10 Å². The lowest BCUT2D eigenvalue weighted by Crippen LogP contribution is -2.37. The Kier molecular flexibility index (Phi) is 5.03. The largest absolute Gasteiger partial charge is 0.497 e. The van der Waals surface area contributed by atoms with Crippen LogP contribution in [0.15, 0.2) is 78.9 Å². The molecule has 3 aromatic rings. The fourth-order valence-electron chi connectivity index (χ4n) is 4.34. The van der Waals surface area contributed by atoms with Gasteiger partial charge in [0.2, 0.25) is 5.91 Å². The van der Waals surface area contributed by atoms with Crippen molar-refractivity contribution in [2.75, 3.05) is 24.2 Å². The molecule has 0 aromatic heterocycles. The fourth-order valence-corrected chi connectivity index (χ4v) is 4.34. The van der Waals surface area contributed by atoms with Crippen LogP contribution in [0.4, 0.5) is 11.4 Å². The van der Waals surface area contributed by atoms with Crippen molar-refractivity contribution in [3.8, 4) is 11.5 Å². The van der Waals surface area contributed by atoms with E-state index in [-0.39, 0.29) is 11.8 Å². The lowest BCUT2D eigenvalue weighted by Gasteiger charge is -2.28. The normalized spacial score (nSPS) is 22.2. The molecule has 32 heavy (non-hydrogen) atoms. The Labute approximate surface area is 185 Å². The fraction of sp³-hybridized carbons (Fsp3) is 0.200. The van der Waals surface area contributed by atoms with Crippen molar-refractivity contribution >= 4 is 23.2 Å². The summed E-state index contributed by atoms with van der Waals surface area (Å²) in [5.41, 5.74) is 2.14. The zero-order chi connectivity index (χ0) is 22.2. The van der Waals surface area contributed by atoms with E-state index in [1.54, 1.807) is 43.5 Å². The number of amides is 2. The van der Waals surface area contributed by atoms with Gasteiger partial charge in [-0.1, -0.05) is 30.3 Å². The lowest BCUT2D eigenvalue weighted by atomic mass is 9.90. The number of hydrogen-bond acceptors (Lipinski definition) is 6. The molecule has 0 radical (unpaired) electrons. The number of hydrogen-bond donors (Lipinski definition) is 0. The molecule has 0 spiro atoms. The highest BCUT2D eigenvalue weighted by Gasteiger charge is 2.60. The minimum Gasteiger partial charge on any atom is -0.497 e. The van der Waals surface area contributed by atoms with Gasteiger partial charge in [0, 0.05) is 0 Å². The van der Waals surface area contributed by atoms with Crippen molar-refractivity contribution in [1.82, 2.24) is 0 Å². The van der Waals surface area contributed by atoms with Crippen LogP contribution >= 0.6 is 0 Å². The first-order valence-electron chi connectivity index (χ1n) is 10.3. The summed E-state index contributed by atoms with van der Waals surface area (Å²) in [6.07, 6.45) is -0.906. The summed E-state index contributed by atoms with van der Waals surface area (Å²) in [6.45, 7) is 0. The molecule has 0 saturated carbocycles. The van der Waals surface area contributed by atoms with Crippen molar-refractivity contribution in [3.63, 3.8) is 0 Å². The zero-order valence-electron chi connectivity index (χ0n) is 17.7. The number of carbonyl (C=O) groups excluding carboxylic acids is 2. The first kappa shape index (κ1) is 20.1. The Hall–Kier alpha value is -3.84. The van der Waals surface area contributed by atoms with E-state index in [9.17, 15) is 9.59 Å². The maximum Gasteiger partial charge on any atom is 0.266 e. The molecule has 0 bridgehead atoms. The highest BCUT2D eigenvalue weighted by Crippen LogP contribution is 2.47. The van der Waals surface area contributed by atoms with Crippen LogP contribution in [0.1, 0.15) is 11.6 Å². The van der Waals surface area contributed by atoms with Crippen LogP contribution in [0.3, 0.4) is 0 Å². The SMILES string of the molecule is COc1ccc(N2C(=O)[C@@H]3[C@H](ON(c4ccc(OC)cc4)[C@H]3c3ccccc3)C2=O)cc1. The maximum atomic E-state index is 13.6. The topological polar surface area (TPSA) is 68.3 Å². The molecule has 0 N–H and O–H groups in total. The molecule has 3 atom stereocenters. The molecule has 3 aromatic carbocycles. The predicted molar refractivity (Wildman–Crippen MR) is 119 cm³/mol. The van der Waals surface area contributed by atoms with Gasteiger partial charge in [0.05, 0.1) is 31.6 Å². The predicted octanol–water partition coefficient (Wildman–Crippen LogP) is 3.75.